The Morgan fingerprint density at radius 1 is 0.941 bits per heavy atom. The van der Waals surface area contributed by atoms with Gasteiger partial charge in [0.05, 0.1) is 0 Å². The van der Waals surface area contributed by atoms with E-state index in [1.807, 2.05) is 43.4 Å². The van der Waals surface area contributed by atoms with Crippen molar-refractivity contribution in [2.75, 3.05) is 18.4 Å². The lowest BCUT2D eigenvalue weighted by Gasteiger charge is -2.19. The Labute approximate surface area is 202 Å². The van der Waals surface area contributed by atoms with Crippen LogP contribution in [0.15, 0.2) is 79.4 Å². The quantitative estimate of drug-likeness (QED) is 0.313. The van der Waals surface area contributed by atoms with Crippen LogP contribution in [0.25, 0.3) is 5.57 Å². The van der Waals surface area contributed by atoms with E-state index in [-0.39, 0.29) is 5.91 Å². The third kappa shape index (κ3) is 9.36. The van der Waals surface area contributed by atoms with Crippen LogP contribution < -0.4 is 16.0 Å². The van der Waals surface area contributed by atoms with Crippen LogP contribution in [0, 0.1) is 0 Å². The number of carbonyl (C=O) groups is 2. The Bertz CT molecular complexity index is 1010. The molecule has 0 unspecified atom stereocenters. The van der Waals surface area contributed by atoms with Crippen LogP contribution in [0.1, 0.15) is 49.2 Å². The number of nitrogens with one attached hydrogen (secondary N) is 3. The Morgan fingerprint density at radius 2 is 1.56 bits per heavy atom. The summed E-state index contributed by atoms with van der Waals surface area (Å²) in [4.78, 5) is 23.9. The molecule has 0 heterocycles. The second-order valence-corrected chi connectivity index (χ2v) is 8.66. The maximum absolute atomic E-state index is 12.3. The van der Waals surface area contributed by atoms with Crippen molar-refractivity contribution < 1.29 is 14.3 Å². The fourth-order valence-electron chi connectivity index (χ4n) is 3.00. The standard InChI is InChI=1S/C28H35N3O3/c1-6-8-9-22(7-2)23-12-10-21(11-13-23)20-31-25-16-14-24(15-17-25)26(32)29-18-19-30-27(33)34-28(3,4)5/h6-17,31H,2,18-20H2,1,3-5H3,(H,29,32)(H,30,33)/b8-6-,22-9+. The van der Waals surface area contributed by atoms with Gasteiger partial charge in [0, 0.05) is 30.9 Å². The minimum atomic E-state index is -0.551. The second kappa shape index (κ2) is 13.0. The maximum atomic E-state index is 12.3. The number of alkyl carbamates (subject to hydrolysis) is 1. The van der Waals surface area contributed by atoms with E-state index >= 15 is 0 Å². The average molecular weight is 462 g/mol. The normalized spacial score (nSPS) is 11.7. The Kier molecular flexibility index (Phi) is 10.1. The lowest BCUT2D eigenvalue weighted by molar-refractivity contribution is 0.0526. The molecule has 2 aromatic rings. The zero-order valence-corrected chi connectivity index (χ0v) is 20.5. The number of ether oxygens (including phenoxy) is 1. The highest BCUT2D eigenvalue weighted by Crippen LogP contribution is 2.18. The first kappa shape index (κ1) is 26.5. The topological polar surface area (TPSA) is 79.5 Å². The zero-order chi connectivity index (χ0) is 25.0. The predicted octanol–water partition coefficient (Wildman–Crippen LogP) is 5.70. The number of anilines is 1. The molecule has 2 amide bonds. The van der Waals surface area contributed by atoms with E-state index in [0.717, 1.165) is 22.4 Å². The van der Waals surface area contributed by atoms with Gasteiger partial charge in [-0.2, -0.15) is 0 Å². The van der Waals surface area contributed by atoms with Crippen LogP contribution in [0.2, 0.25) is 0 Å². The van der Waals surface area contributed by atoms with Crippen LogP contribution in [-0.4, -0.2) is 30.7 Å². The van der Waals surface area contributed by atoms with Gasteiger partial charge in [0.25, 0.3) is 5.91 Å². The number of rotatable bonds is 10. The molecule has 3 N–H and O–H groups in total. The van der Waals surface area contributed by atoms with Gasteiger partial charge in [-0.25, -0.2) is 4.79 Å². The zero-order valence-electron chi connectivity index (χ0n) is 20.5. The van der Waals surface area contributed by atoms with Gasteiger partial charge in [-0.05, 0) is 68.7 Å². The SMILES string of the molecule is C=C/C(=C\C=C/C)c1ccc(CNc2ccc(C(=O)NCCNC(=O)OC(C)(C)C)cc2)cc1. The Hall–Kier alpha value is -3.80. The summed E-state index contributed by atoms with van der Waals surface area (Å²) < 4.78 is 5.15. The van der Waals surface area contributed by atoms with Gasteiger partial charge in [-0.15, -0.1) is 0 Å². The highest BCUT2D eigenvalue weighted by molar-refractivity contribution is 5.94. The van der Waals surface area contributed by atoms with Crippen LogP contribution in [0.4, 0.5) is 10.5 Å². The second-order valence-electron chi connectivity index (χ2n) is 8.66. The third-order valence-corrected chi connectivity index (χ3v) is 4.70. The number of hydrogen-bond acceptors (Lipinski definition) is 4. The molecule has 0 aliphatic heterocycles. The van der Waals surface area contributed by atoms with Gasteiger partial charge in [-0.1, -0.05) is 55.1 Å². The van der Waals surface area contributed by atoms with E-state index in [2.05, 4.69) is 46.8 Å². The molecule has 0 atom stereocenters. The van der Waals surface area contributed by atoms with Crippen molar-refractivity contribution in [1.29, 1.82) is 0 Å². The van der Waals surface area contributed by atoms with Gasteiger partial charge in [-0.3, -0.25) is 4.79 Å². The smallest absolute Gasteiger partial charge is 0.407 e. The number of carbonyl (C=O) groups excluding carboxylic acids is 2. The Balaban J connectivity index is 1.79. The van der Waals surface area contributed by atoms with Crippen molar-refractivity contribution in [3.05, 3.63) is 96.1 Å². The fraction of sp³-hybridized carbons (Fsp3) is 0.286. The molecular formula is C28H35N3O3. The van der Waals surface area contributed by atoms with Gasteiger partial charge in [0.15, 0.2) is 0 Å². The van der Waals surface area contributed by atoms with Crippen molar-refractivity contribution >= 4 is 23.3 Å². The van der Waals surface area contributed by atoms with E-state index in [1.165, 1.54) is 0 Å². The van der Waals surface area contributed by atoms with Crippen molar-refractivity contribution in [3.63, 3.8) is 0 Å². The molecule has 34 heavy (non-hydrogen) atoms. The number of hydrogen-bond donors (Lipinski definition) is 3. The first-order valence-corrected chi connectivity index (χ1v) is 11.4. The summed E-state index contributed by atoms with van der Waals surface area (Å²) in [6.07, 6.45) is 7.37. The molecule has 0 radical (unpaired) electrons. The highest BCUT2D eigenvalue weighted by Gasteiger charge is 2.15. The van der Waals surface area contributed by atoms with Crippen LogP contribution >= 0.6 is 0 Å². The maximum Gasteiger partial charge on any atom is 0.407 e. The lowest BCUT2D eigenvalue weighted by atomic mass is 10.0. The van der Waals surface area contributed by atoms with Crippen molar-refractivity contribution in [2.24, 2.45) is 0 Å². The van der Waals surface area contributed by atoms with Gasteiger partial charge in [0.1, 0.15) is 5.60 Å². The van der Waals surface area contributed by atoms with Crippen LogP contribution in [0.5, 0.6) is 0 Å². The predicted molar refractivity (Wildman–Crippen MR) is 140 cm³/mol. The number of amides is 2. The number of allylic oxidation sites excluding steroid dienone is 5. The van der Waals surface area contributed by atoms with Crippen molar-refractivity contribution in [3.8, 4) is 0 Å². The molecule has 180 valence electrons. The molecule has 0 aliphatic rings. The van der Waals surface area contributed by atoms with E-state index in [9.17, 15) is 9.59 Å². The molecular weight excluding hydrogens is 426 g/mol. The summed E-state index contributed by atoms with van der Waals surface area (Å²) in [6.45, 7) is 12.5. The van der Waals surface area contributed by atoms with E-state index < -0.39 is 11.7 Å². The summed E-state index contributed by atoms with van der Waals surface area (Å²) in [7, 11) is 0. The first-order valence-electron chi connectivity index (χ1n) is 11.4. The molecule has 6 heteroatoms. The van der Waals surface area contributed by atoms with Crippen molar-refractivity contribution in [1.82, 2.24) is 10.6 Å². The van der Waals surface area contributed by atoms with Crippen molar-refractivity contribution in [2.45, 2.75) is 39.8 Å². The highest BCUT2D eigenvalue weighted by atomic mass is 16.6. The molecule has 0 saturated heterocycles. The molecule has 6 nitrogen and oxygen atoms in total. The molecule has 0 bridgehead atoms. The average Bonchev–Trinajstić information content (AvgIpc) is 2.81. The third-order valence-electron chi connectivity index (χ3n) is 4.70. The molecule has 0 aliphatic carbocycles. The minimum absolute atomic E-state index is 0.197. The number of benzene rings is 2. The van der Waals surface area contributed by atoms with E-state index in [1.54, 1.807) is 32.9 Å². The van der Waals surface area contributed by atoms with Crippen LogP contribution in [-0.2, 0) is 11.3 Å². The van der Waals surface area contributed by atoms with Gasteiger partial charge in [0.2, 0.25) is 0 Å². The summed E-state index contributed by atoms with van der Waals surface area (Å²) in [5.74, 6) is -0.197. The summed E-state index contributed by atoms with van der Waals surface area (Å²) in [5.41, 5.74) is 4.27. The van der Waals surface area contributed by atoms with Gasteiger partial charge < -0.3 is 20.7 Å². The molecule has 0 aromatic heterocycles. The molecule has 0 saturated carbocycles. The summed E-state index contributed by atoms with van der Waals surface area (Å²) in [5, 5.41) is 8.76. The van der Waals surface area contributed by atoms with Crippen LogP contribution in [0.3, 0.4) is 0 Å². The van der Waals surface area contributed by atoms with E-state index in [4.69, 9.17) is 4.74 Å². The largest absolute Gasteiger partial charge is 0.444 e. The molecule has 2 aromatic carbocycles. The van der Waals surface area contributed by atoms with Gasteiger partial charge >= 0.3 is 6.09 Å². The molecule has 2 rings (SSSR count). The Morgan fingerprint density at radius 3 is 2.15 bits per heavy atom. The summed E-state index contributed by atoms with van der Waals surface area (Å²) in [6, 6.07) is 15.6. The fourth-order valence-corrected chi connectivity index (χ4v) is 3.00. The monoisotopic (exact) mass is 461 g/mol. The molecule has 0 spiro atoms. The molecule has 0 fully saturated rings. The minimum Gasteiger partial charge on any atom is -0.444 e. The first-order chi connectivity index (χ1) is 16.2. The van der Waals surface area contributed by atoms with E-state index in [0.29, 0.717) is 25.2 Å². The summed E-state index contributed by atoms with van der Waals surface area (Å²) >= 11 is 0. The lowest BCUT2D eigenvalue weighted by Crippen LogP contribution is -2.37.